The summed E-state index contributed by atoms with van der Waals surface area (Å²) in [5.74, 6) is 0. The monoisotopic (exact) mass is 627 g/mol. The number of nitrogens with zero attached hydrogens (tertiary/aromatic N) is 3. The van der Waals surface area contributed by atoms with E-state index < -0.39 is 0 Å². The fraction of sp³-hybridized carbons (Fsp3) is 0.0652. The van der Waals surface area contributed by atoms with Crippen LogP contribution in [0.1, 0.15) is 25.0 Å². The number of fused-ring (bicyclic) bond motifs is 7. The van der Waals surface area contributed by atoms with Crippen LogP contribution >= 0.6 is 0 Å². The average molecular weight is 628 g/mol. The maximum Gasteiger partial charge on any atom is 0.137 e. The summed E-state index contributed by atoms with van der Waals surface area (Å²) in [4.78, 5) is 5.03. The zero-order chi connectivity index (χ0) is 32.7. The summed E-state index contributed by atoms with van der Waals surface area (Å²) in [5.41, 5.74) is 16.7. The number of aromatic nitrogens is 3. The first kappa shape index (κ1) is 27.9. The third-order valence-electron chi connectivity index (χ3n) is 10.6. The van der Waals surface area contributed by atoms with E-state index in [9.17, 15) is 0 Å². The maximum absolute atomic E-state index is 5.03. The highest BCUT2D eigenvalue weighted by molar-refractivity contribution is 6.11. The lowest BCUT2D eigenvalue weighted by atomic mass is 9.81. The molecule has 0 atom stereocenters. The van der Waals surface area contributed by atoms with Crippen molar-refractivity contribution in [2.75, 3.05) is 0 Å². The fourth-order valence-electron chi connectivity index (χ4n) is 8.12. The molecule has 9 aromatic rings. The minimum Gasteiger partial charge on any atom is -0.309 e. The van der Waals surface area contributed by atoms with Gasteiger partial charge in [0.1, 0.15) is 5.65 Å². The fourth-order valence-corrected chi connectivity index (χ4v) is 8.12. The topological polar surface area (TPSA) is 22.2 Å². The molecule has 0 radical (unpaired) electrons. The third-order valence-corrected chi connectivity index (χ3v) is 10.6. The largest absolute Gasteiger partial charge is 0.309 e. The van der Waals surface area contributed by atoms with Crippen LogP contribution in [0.5, 0.6) is 0 Å². The predicted octanol–water partition coefficient (Wildman–Crippen LogP) is 11.7. The first-order valence-corrected chi connectivity index (χ1v) is 17.0. The molecular formula is C46H33N3. The standard InChI is InChI=1S/C46H33N3/c1-46(2)39-27-33(30-20-22-32(23-21-30)45-44(31-13-5-3-6-14-31)47-43-19-11-12-26-48(43)45)24-25-35(39)37-29-42-38(28-40(37)46)36-17-9-10-18-41(36)49(42)34-15-7-4-8-16-34/h3-29H,1-2H3. The highest BCUT2D eigenvalue weighted by Gasteiger charge is 2.36. The Labute approximate surface area is 285 Å². The molecule has 3 aromatic heterocycles. The maximum atomic E-state index is 5.03. The lowest BCUT2D eigenvalue weighted by Crippen LogP contribution is -2.15. The molecule has 6 aromatic carbocycles. The first-order valence-electron chi connectivity index (χ1n) is 17.0. The van der Waals surface area contributed by atoms with Crippen LogP contribution in [0.2, 0.25) is 0 Å². The van der Waals surface area contributed by atoms with Gasteiger partial charge >= 0.3 is 0 Å². The minimum absolute atomic E-state index is 0.133. The number of imidazole rings is 1. The molecule has 0 saturated heterocycles. The SMILES string of the molecule is CC1(C)c2cc(-c3ccc(-c4c(-c5ccccc5)nc5ccccn45)cc3)ccc2-c2cc3c(cc21)c1ccccc1n3-c1ccccc1. The number of hydrogen-bond acceptors (Lipinski definition) is 1. The molecule has 0 spiro atoms. The van der Waals surface area contributed by atoms with Gasteiger partial charge in [-0.2, -0.15) is 0 Å². The summed E-state index contributed by atoms with van der Waals surface area (Å²) >= 11 is 0. The van der Waals surface area contributed by atoms with Gasteiger partial charge in [-0.25, -0.2) is 4.98 Å². The molecule has 0 aliphatic heterocycles. The second-order valence-corrected chi connectivity index (χ2v) is 13.7. The van der Waals surface area contributed by atoms with E-state index in [4.69, 9.17) is 4.98 Å². The van der Waals surface area contributed by atoms with Gasteiger partial charge in [-0.3, -0.25) is 4.40 Å². The molecule has 3 heterocycles. The lowest BCUT2D eigenvalue weighted by molar-refractivity contribution is 0.661. The summed E-state index contributed by atoms with van der Waals surface area (Å²) in [7, 11) is 0. The molecule has 3 nitrogen and oxygen atoms in total. The molecule has 0 N–H and O–H groups in total. The summed E-state index contributed by atoms with van der Waals surface area (Å²) in [6.45, 7) is 4.76. The van der Waals surface area contributed by atoms with Crippen LogP contribution in [-0.2, 0) is 5.41 Å². The molecule has 0 amide bonds. The number of rotatable bonds is 4. The summed E-state index contributed by atoms with van der Waals surface area (Å²) < 4.78 is 4.61. The van der Waals surface area contributed by atoms with Crippen LogP contribution in [0.3, 0.4) is 0 Å². The Morgan fingerprint density at radius 3 is 1.98 bits per heavy atom. The van der Waals surface area contributed by atoms with Crippen LogP contribution in [-0.4, -0.2) is 14.0 Å². The Kier molecular flexibility index (Phi) is 5.92. The molecule has 0 fully saturated rings. The van der Waals surface area contributed by atoms with E-state index in [1.54, 1.807) is 0 Å². The van der Waals surface area contributed by atoms with E-state index in [2.05, 4.69) is 181 Å². The van der Waals surface area contributed by atoms with Crippen molar-refractivity contribution in [1.29, 1.82) is 0 Å². The van der Waals surface area contributed by atoms with E-state index in [-0.39, 0.29) is 5.41 Å². The van der Waals surface area contributed by atoms with Gasteiger partial charge in [-0.15, -0.1) is 0 Å². The second-order valence-electron chi connectivity index (χ2n) is 13.7. The van der Waals surface area contributed by atoms with Gasteiger partial charge in [0.15, 0.2) is 0 Å². The van der Waals surface area contributed by atoms with Crippen LogP contribution in [0.4, 0.5) is 0 Å². The molecule has 49 heavy (non-hydrogen) atoms. The molecule has 1 aliphatic rings. The molecular weight excluding hydrogens is 595 g/mol. The Morgan fingerprint density at radius 1 is 0.490 bits per heavy atom. The molecule has 3 heteroatoms. The lowest BCUT2D eigenvalue weighted by Gasteiger charge is -2.22. The minimum atomic E-state index is -0.133. The van der Waals surface area contributed by atoms with E-state index in [1.165, 1.54) is 60.9 Å². The highest BCUT2D eigenvalue weighted by Crippen LogP contribution is 2.52. The van der Waals surface area contributed by atoms with Gasteiger partial charge in [0.2, 0.25) is 0 Å². The van der Waals surface area contributed by atoms with Gasteiger partial charge < -0.3 is 4.57 Å². The van der Waals surface area contributed by atoms with Crippen molar-refractivity contribution in [2.24, 2.45) is 0 Å². The van der Waals surface area contributed by atoms with Crippen LogP contribution in [0.25, 0.3) is 77.9 Å². The van der Waals surface area contributed by atoms with E-state index in [0.717, 1.165) is 28.2 Å². The Bertz CT molecular complexity index is 2710. The second kappa shape index (κ2) is 10.4. The Morgan fingerprint density at radius 2 is 1.16 bits per heavy atom. The number of benzene rings is 6. The van der Waals surface area contributed by atoms with Crippen molar-refractivity contribution in [3.05, 3.63) is 175 Å². The van der Waals surface area contributed by atoms with Gasteiger partial charge in [0, 0.05) is 39.2 Å². The average Bonchev–Trinajstić information content (AvgIpc) is 3.77. The van der Waals surface area contributed by atoms with Gasteiger partial charge in [-0.1, -0.05) is 123 Å². The number of pyridine rings is 1. The zero-order valence-electron chi connectivity index (χ0n) is 27.4. The van der Waals surface area contributed by atoms with Gasteiger partial charge in [-0.05, 0) is 81.9 Å². The first-order chi connectivity index (χ1) is 24.1. The summed E-state index contributed by atoms with van der Waals surface area (Å²) in [6.07, 6.45) is 2.10. The van der Waals surface area contributed by atoms with Crippen LogP contribution in [0.15, 0.2) is 164 Å². The summed E-state index contributed by atoms with van der Waals surface area (Å²) in [5, 5.41) is 2.59. The van der Waals surface area contributed by atoms with Gasteiger partial charge in [0.25, 0.3) is 0 Å². The normalized spacial score (nSPS) is 13.3. The Balaban J connectivity index is 1.08. The highest BCUT2D eigenvalue weighted by atomic mass is 15.0. The van der Waals surface area contributed by atoms with Gasteiger partial charge in [0.05, 0.1) is 22.4 Å². The van der Waals surface area contributed by atoms with Crippen LogP contribution < -0.4 is 0 Å². The predicted molar refractivity (Wildman–Crippen MR) is 203 cm³/mol. The van der Waals surface area contributed by atoms with Crippen molar-refractivity contribution in [3.8, 4) is 50.5 Å². The molecule has 232 valence electrons. The van der Waals surface area contributed by atoms with Crippen molar-refractivity contribution in [2.45, 2.75) is 19.3 Å². The molecule has 0 bridgehead atoms. The number of para-hydroxylation sites is 2. The smallest absolute Gasteiger partial charge is 0.137 e. The Hall–Kier alpha value is -6.19. The molecule has 0 unspecified atom stereocenters. The van der Waals surface area contributed by atoms with Crippen molar-refractivity contribution in [3.63, 3.8) is 0 Å². The van der Waals surface area contributed by atoms with E-state index >= 15 is 0 Å². The molecule has 10 rings (SSSR count). The third kappa shape index (κ3) is 4.12. The van der Waals surface area contributed by atoms with E-state index in [0.29, 0.717) is 0 Å². The van der Waals surface area contributed by atoms with Crippen LogP contribution in [0, 0.1) is 0 Å². The molecule has 1 aliphatic carbocycles. The number of hydrogen-bond donors (Lipinski definition) is 0. The van der Waals surface area contributed by atoms with Crippen molar-refractivity contribution < 1.29 is 0 Å². The quantitative estimate of drug-likeness (QED) is 0.190. The molecule has 0 saturated carbocycles. The zero-order valence-corrected chi connectivity index (χ0v) is 27.4. The van der Waals surface area contributed by atoms with Crippen molar-refractivity contribution in [1.82, 2.24) is 14.0 Å². The van der Waals surface area contributed by atoms with Crippen molar-refractivity contribution >= 4 is 27.5 Å². The summed E-state index contributed by atoms with van der Waals surface area (Å²) in [6, 6.07) is 57.1. The van der Waals surface area contributed by atoms with E-state index in [1.807, 2.05) is 6.07 Å².